The van der Waals surface area contributed by atoms with Crippen LogP contribution in [0.15, 0.2) is 12.3 Å². The third kappa shape index (κ3) is 2.53. The smallest absolute Gasteiger partial charge is 0.192 e. The van der Waals surface area contributed by atoms with Gasteiger partial charge in [-0.15, -0.1) is 0 Å². The minimum Gasteiger partial charge on any atom is -0.383 e. The van der Waals surface area contributed by atoms with Gasteiger partial charge in [0, 0.05) is 12.8 Å². The molecule has 0 aliphatic heterocycles. The van der Waals surface area contributed by atoms with Crippen molar-refractivity contribution in [2.75, 3.05) is 18.9 Å². The summed E-state index contributed by atoms with van der Waals surface area (Å²) in [5.41, 5.74) is 6.93. The van der Waals surface area contributed by atoms with E-state index >= 15 is 0 Å². The number of Topliss-reactive ketones (excluding diaryl/α,β-unsaturated/α-hetero) is 1. The van der Waals surface area contributed by atoms with Gasteiger partial charge in [0.25, 0.3) is 0 Å². The number of aromatic nitrogens is 1. The molecule has 0 unspecified atom stereocenters. The fourth-order valence-electron chi connectivity index (χ4n) is 1.08. The van der Waals surface area contributed by atoms with E-state index in [1.165, 1.54) is 0 Å². The standard InChI is InChI=1S/C10H14N2O2/c1-3-14-6-9(13)8-4-7(2)5-12-10(8)11/h4-5H,3,6H2,1-2H3,(H2,11,12). The number of ether oxygens (including phenoxy) is 1. The molecule has 4 heteroatoms. The van der Waals surface area contributed by atoms with Crippen LogP contribution in [0.3, 0.4) is 0 Å². The van der Waals surface area contributed by atoms with Crippen LogP contribution in [-0.4, -0.2) is 24.0 Å². The SMILES string of the molecule is CCOCC(=O)c1cc(C)cnc1N. The van der Waals surface area contributed by atoms with E-state index in [2.05, 4.69) is 4.98 Å². The van der Waals surface area contributed by atoms with Crippen LogP contribution in [0.4, 0.5) is 5.82 Å². The van der Waals surface area contributed by atoms with Gasteiger partial charge in [-0.25, -0.2) is 4.98 Å². The zero-order valence-electron chi connectivity index (χ0n) is 8.41. The third-order valence-corrected chi connectivity index (χ3v) is 1.79. The molecule has 2 N–H and O–H groups in total. The summed E-state index contributed by atoms with van der Waals surface area (Å²) in [4.78, 5) is 15.4. The first kappa shape index (κ1) is 10.7. The molecule has 76 valence electrons. The quantitative estimate of drug-likeness (QED) is 0.731. The van der Waals surface area contributed by atoms with Crippen molar-refractivity contribution in [3.05, 3.63) is 23.4 Å². The number of aryl methyl sites for hydroxylation is 1. The number of pyridine rings is 1. The predicted octanol–water partition coefficient (Wildman–Crippen LogP) is 1.19. The zero-order chi connectivity index (χ0) is 10.6. The second-order valence-corrected chi connectivity index (χ2v) is 3.01. The molecule has 0 aliphatic rings. The van der Waals surface area contributed by atoms with E-state index in [-0.39, 0.29) is 18.2 Å². The summed E-state index contributed by atoms with van der Waals surface area (Å²) in [7, 11) is 0. The fourth-order valence-corrected chi connectivity index (χ4v) is 1.08. The van der Waals surface area contributed by atoms with Gasteiger partial charge >= 0.3 is 0 Å². The molecule has 1 heterocycles. The Balaban J connectivity index is 2.83. The number of ketones is 1. The number of anilines is 1. The maximum atomic E-state index is 11.5. The van der Waals surface area contributed by atoms with Gasteiger partial charge in [-0.05, 0) is 25.5 Å². The van der Waals surface area contributed by atoms with E-state index in [1.807, 2.05) is 13.8 Å². The number of hydrogen-bond acceptors (Lipinski definition) is 4. The van der Waals surface area contributed by atoms with Gasteiger partial charge in [0.2, 0.25) is 0 Å². The van der Waals surface area contributed by atoms with Crippen LogP contribution in [-0.2, 0) is 4.74 Å². The first-order chi connectivity index (χ1) is 6.65. The molecule has 4 nitrogen and oxygen atoms in total. The summed E-state index contributed by atoms with van der Waals surface area (Å²) < 4.78 is 5.01. The lowest BCUT2D eigenvalue weighted by atomic mass is 10.1. The molecular formula is C10H14N2O2. The molecular weight excluding hydrogens is 180 g/mol. The molecule has 0 bridgehead atoms. The lowest BCUT2D eigenvalue weighted by Gasteiger charge is -2.04. The van der Waals surface area contributed by atoms with Crippen LogP contribution < -0.4 is 5.73 Å². The van der Waals surface area contributed by atoms with E-state index in [0.717, 1.165) is 5.56 Å². The molecule has 0 saturated heterocycles. The molecule has 1 aromatic heterocycles. The van der Waals surface area contributed by atoms with Gasteiger partial charge in [0.15, 0.2) is 5.78 Å². The minimum atomic E-state index is -0.124. The fraction of sp³-hybridized carbons (Fsp3) is 0.400. The Labute approximate surface area is 83.1 Å². The van der Waals surface area contributed by atoms with Gasteiger partial charge in [0.05, 0.1) is 5.56 Å². The van der Waals surface area contributed by atoms with Crippen LogP contribution in [0.1, 0.15) is 22.8 Å². The van der Waals surface area contributed by atoms with Crippen molar-refractivity contribution in [3.8, 4) is 0 Å². The number of rotatable bonds is 4. The Morgan fingerprint density at radius 1 is 1.64 bits per heavy atom. The van der Waals surface area contributed by atoms with E-state index < -0.39 is 0 Å². The number of nitrogens with two attached hydrogens (primary N) is 1. The second-order valence-electron chi connectivity index (χ2n) is 3.01. The highest BCUT2D eigenvalue weighted by Crippen LogP contribution is 2.11. The third-order valence-electron chi connectivity index (χ3n) is 1.79. The van der Waals surface area contributed by atoms with E-state index in [1.54, 1.807) is 12.3 Å². The van der Waals surface area contributed by atoms with Crippen molar-refractivity contribution in [1.29, 1.82) is 0 Å². The molecule has 1 aromatic rings. The number of carbonyl (C=O) groups is 1. The highest BCUT2D eigenvalue weighted by atomic mass is 16.5. The highest BCUT2D eigenvalue weighted by molar-refractivity contribution is 6.00. The number of nitrogens with zero attached hydrogens (tertiary/aromatic N) is 1. The average molecular weight is 194 g/mol. The van der Waals surface area contributed by atoms with Crippen LogP contribution >= 0.6 is 0 Å². The summed E-state index contributed by atoms with van der Waals surface area (Å²) in [5.74, 6) is 0.140. The molecule has 0 spiro atoms. The first-order valence-corrected chi connectivity index (χ1v) is 4.48. The van der Waals surface area contributed by atoms with E-state index in [0.29, 0.717) is 12.2 Å². The van der Waals surface area contributed by atoms with Crippen LogP contribution in [0, 0.1) is 6.92 Å². The molecule has 0 aromatic carbocycles. The van der Waals surface area contributed by atoms with E-state index in [4.69, 9.17) is 10.5 Å². The maximum Gasteiger partial charge on any atom is 0.192 e. The largest absolute Gasteiger partial charge is 0.383 e. The van der Waals surface area contributed by atoms with Crippen molar-refractivity contribution in [2.45, 2.75) is 13.8 Å². The van der Waals surface area contributed by atoms with Crippen LogP contribution in [0.5, 0.6) is 0 Å². The van der Waals surface area contributed by atoms with Crippen molar-refractivity contribution in [1.82, 2.24) is 4.98 Å². The topological polar surface area (TPSA) is 65.2 Å². The Kier molecular flexibility index (Phi) is 3.59. The molecule has 0 atom stereocenters. The molecule has 0 aliphatic carbocycles. The van der Waals surface area contributed by atoms with Crippen molar-refractivity contribution in [2.24, 2.45) is 0 Å². The van der Waals surface area contributed by atoms with Crippen LogP contribution in [0.2, 0.25) is 0 Å². The van der Waals surface area contributed by atoms with Crippen molar-refractivity contribution in [3.63, 3.8) is 0 Å². The minimum absolute atomic E-state index is 0.0613. The molecule has 0 radical (unpaired) electrons. The van der Waals surface area contributed by atoms with Crippen LogP contribution in [0.25, 0.3) is 0 Å². The highest BCUT2D eigenvalue weighted by Gasteiger charge is 2.10. The molecule has 0 saturated carbocycles. The van der Waals surface area contributed by atoms with Gasteiger partial charge in [0.1, 0.15) is 12.4 Å². The lowest BCUT2D eigenvalue weighted by molar-refractivity contribution is 0.0784. The number of nitrogen functional groups attached to an aromatic ring is 1. The first-order valence-electron chi connectivity index (χ1n) is 4.48. The number of carbonyl (C=O) groups excluding carboxylic acids is 1. The Morgan fingerprint density at radius 2 is 2.36 bits per heavy atom. The second kappa shape index (κ2) is 4.72. The summed E-state index contributed by atoms with van der Waals surface area (Å²) in [6.07, 6.45) is 1.63. The van der Waals surface area contributed by atoms with Gasteiger partial charge in [-0.1, -0.05) is 0 Å². The molecule has 14 heavy (non-hydrogen) atoms. The number of hydrogen-bond donors (Lipinski definition) is 1. The summed E-state index contributed by atoms with van der Waals surface area (Å²) in [6, 6.07) is 1.73. The Hall–Kier alpha value is -1.42. The average Bonchev–Trinajstić information content (AvgIpc) is 2.18. The zero-order valence-corrected chi connectivity index (χ0v) is 8.41. The summed E-state index contributed by atoms with van der Waals surface area (Å²) in [6.45, 7) is 4.28. The summed E-state index contributed by atoms with van der Waals surface area (Å²) in [5, 5.41) is 0. The maximum absolute atomic E-state index is 11.5. The monoisotopic (exact) mass is 194 g/mol. The van der Waals surface area contributed by atoms with Gasteiger partial charge in [-0.3, -0.25) is 4.79 Å². The summed E-state index contributed by atoms with van der Waals surface area (Å²) >= 11 is 0. The van der Waals surface area contributed by atoms with Gasteiger partial charge in [-0.2, -0.15) is 0 Å². The Morgan fingerprint density at radius 3 is 3.00 bits per heavy atom. The molecule has 1 rings (SSSR count). The normalized spacial score (nSPS) is 10.1. The molecule has 0 amide bonds. The van der Waals surface area contributed by atoms with Crippen molar-refractivity contribution < 1.29 is 9.53 Å². The lowest BCUT2D eigenvalue weighted by Crippen LogP contribution is -2.12. The predicted molar refractivity (Wildman–Crippen MR) is 54.2 cm³/mol. The van der Waals surface area contributed by atoms with Crippen molar-refractivity contribution >= 4 is 11.6 Å². The van der Waals surface area contributed by atoms with E-state index in [9.17, 15) is 4.79 Å². The Bertz CT molecular complexity index is 337. The van der Waals surface area contributed by atoms with Gasteiger partial charge < -0.3 is 10.5 Å². The molecule has 0 fully saturated rings.